The average molecular weight is 242 g/mol. The van der Waals surface area contributed by atoms with E-state index < -0.39 is 0 Å². The zero-order chi connectivity index (χ0) is 9.26. The van der Waals surface area contributed by atoms with Crippen molar-refractivity contribution in [3.05, 3.63) is 21.8 Å². The molecule has 1 aliphatic heterocycles. The predicted molar refractivity (Wildman–Crippen MR) is 52.8 cm³/mol. The van der Waals surface area contributed by atoms with Crippen molar-refractivity contribution < 1.29 is 4.74 Å². The summed E-state index contributed by atoms with van der Waals surface area (Å²) in [6, 6.07) is 0. The van der Waals surface area contributed by atoms with Gasteiger partial charge in [-0.25, -0.2) is 9.98 Å². The number of ether oxygens (including phenoxy) is 1. The molecule has 0 spiro atoms. The first kappa shape index (κ1) is 8.65. The fraction of sp³-hybridized carbons (Fsp3) is 0.250. The molecule has 1 aromatic heterocycles. The zero-order valence-corrected chi connectivity index (χ0v) is 8.41. The molecule has 0 amide bonds. The molecule has 0 aromatic carbocycles. The molecule has 5 heteroatoms. The number of hydrogen-bond donors (Lipinski definition) is 1. The van der Waals surface area contributed by atoms with E-state index in [9.17, 15) is 0 Å². The molecule has 0 radical (unpaired) electrons. The van der Waals surface area contributed by atoms with Crippen LogP contribution in [-0.4, -0.2) is 11.3 Å². The number of aromatic nitrogens is 1. The molecule has 0 unspecified atom stereocenters. The topological polar surface area (TPSA) is 60.5 Å². The molecule has 0 bridgehead atoms. The van der Waals surface area contributed by atoms with Gasteiger partial charge < -0.3 is 10.5 Å². The minimum Gasteiger partial charge on any atom is -0.390 e. The lowest BCUT2D eigenvalue weighted by molar-refractivity contribution is 0.134. The number of nitrogens with two attached hydrogens (primary N) is 1. The average Bonchev–Trinajstić information content (AvgIpc) is 2.59. The van der Waals surface area contributed by atoms with Gasteiger partial charge >= 0.3 is 0 Å². The summed E-state index contributed by atoms with van der Waals surface area (Å²) in [4.78, 5) is 8.10. The summed E-state index contributed by atoms with van der Waals surface area (Å²) in [5, 5.41) is 0. The molecule has 0 saturated carbocycles. The van der Waals surface area contributed by atoms with Gasteiger partial charge in [0.25, 0.3) is 0 Å². The molecular formula is C8H8BrN3O. The van der Waals surface area contributed by atoms with E-state index in [1.165, 1.54) is 6.34 Å². The number of halogens is 1. The highest BCUT2D eigenvalue weighted by atomic mass is 79.9. The third-order valence-corrected chi connectivity index (χ3v) is 2.60. The molecule has 0 saturated heterocycles. The highest BCUT2D eigenvalue weighted by molar-refractivity contribution is 9.10. The quantitative estimate of drug-likeness (QED) is 0.599. The second-order valence-electron chi connectivity index (χ2n) is 2.66. The number of rotatable bonds is 1. The van der Waals surface area contributed by atoms with Crippen molar-refractivity contribution in [2.24, 2.45) is 10.7 Å². The third-order valence-electron chi connectivity index (χ3n) is 1.91. The molecule has 0 atom stereocenters. The van der Waals surface area contributed by atoms with E-state index in [0.717, 1.165) is 15.6 Å². The lowest BCUT2D eigenvalue weighted by Gasteiger charge is -2.01. The van der Waals surface area contributed by atoms with E-state index in [0.29, 0.717) is 19.0 Å². The van der Waals surface area contributed by atoms with Crippen molar-refractivity contribution in [1.29, 1.82) is 0 Å². The number of hydrogen-bond acceptors (Lipinski definition) is 3. The van der Waals surface area contributed by atoms with E-state index in [2.05, 4.69) is 25.9 Å². The second kappa shape index (κ2) is 3.43. The molecule has 68 valence electrons. The van der Waals surface area contributed by atoms with Crippen molar-refractivity contribution in [3.63, 3.8) is 0 Å². The predicted octanol–water partition coefficient (Wildman–Crippen LogP) is 1.49. The molecule has 4 nitrogen and oxygen atoms in total. The summed E-state index contributed by atoms with van der Waals surface area (Å²) in [7, 11) is 0. The van der Waals surface area contributed by atoms with Crippen molar-refractivity contribution in [1.82, 2.24) is 4.98 Å². The Morgan fingerprint density at radius 2 is 2.31 bits per heavy atom. The number of aliphatic imine (C=N–C) groups is 1. The Morgan fingerprint density at radius 3 is 3.08 bits per heavy atom. The Hall–Kier alpha value is -0.940. The Balaban J connectivity index is 2.55. The summed E-state index contributed by atoms with van der Waals surface area (Å²) in [5.41, 5.74) is 7.35. The molecule has 13 heavy (non-hydrogen) atoms. The van der Waals surface area contributed by atoms with Crippen LogP contribution in [0.25, 0.3) is 0 Å². The largest absolute Gasteiger partial charge is 0.390 e. The van der Waals surface area contributed by atoms with Gasteiger partial charge in [-0.15, -0.1) is 0 Å². The highest BCUT2D eigenvalue weighted by Gasteiger charge is 2.18. The maximum atomic E-state index is 5.30. The Morgan fingerprint density at radius 1 is 1.54 bits per heavy atom. The maximum Gasteiger partial charge on any atom is 0.159 e. The van der Waals surface area contributed by atoms with Gasteiger partial charge in [0.1, 0.15) is 0 Å². The van der Waals surface area contributed by atoms with Crippen molar-refractivity contribution in [3.8, 4) is 0 Å². The standard InChI is InChI=1S/C8H8BrN3O/c9-7-1-11-8(12-4-10)6-3-13-2-5(6)7/h1,4H,2-3H2,(H2,10,11,12). The number of nitrogens with zero attached hydrogens (tertiary/aromatic N) is 2. The van der Waals surface area contributed by atoms with Gasteiger partial charge in [0.05, 0.1) is 19.6 Å². The van der Waals surface area contributed by atoms with Crippen LogP contribution in [0.2, 0.25) is 0 Å². The fourth-order valence-electron chi connectivity index (χ4n) is 1.30. The van der Waals surface area contributed by atoms with Gasteiger partial charge in [-0.3, -0.25) is 0 Å². The van der Waals surface area contributed by atoms with Crippen molar-refractivity contribution >= 4 is 28.1 Å². The van der Waals surface area contributed by atoms with Gasteiger partial charge in [0, 0.05) is 21.8 Å². The van der Waals surface area contributed by atoms with Crippen LogP contribution in [0.3, 0.4) is 0 Å². The fourth-order valence-corrected chi connectivity index (χ4v) is 1.75. The molecule has 2 N–H and O–H groups in total. The number of fused-ring (bicyclic) bond motifs is 1. The Bertz CT molecular complexity index is 365. The SMILES string of the molecule is NC=Nc1ncc(Br)c2c1COC2. The molecule has 2 heterocycles. The number of pyridine rings is 1. The van der Waals surface area contributed by atoms with E-state index in [1.54, 1.807) is 6.20 Å². The van der Waals surface area contributed by atoms with Crippen LogP contribution in [0.5, 0.6) is 0 Å². The minimum absolute atomic E-state index is 0.564. The van der Waals surface area contributed by atoms with E-state index in [1.807, 2.05) is 0 Å². The van der Waals surface area contributed by atoms with Gasteiger partial charge in [0.2, 0.25) is 0 Å². The van der Waals surface area contributed by atoms with E-state index >= 15 is 0 Å². The van der Waals surface area contributed by atoms with Crippen LogP contribution >= 0.6 is 15.9 Å². The molecular weight excluding hydrogens is 234 g/mol. The first-order chi connectivity index (χ1) is 6.33. The molecule has 1 aliphatic rings. The monoisotopic (exact) mass is 241 g/mol. The van der Waals surface area contributed by atoms with Crippen molar-refractivity contribution in [2.75, 3.05) is 0 Å². The van der Waals surface area contributed by atoms with Crippen LogP contribution < -0.4 is 5.73 Å². The first-order valence-corrected chi connectivity index (χ1v) is 4.60. The van der Waals surface area contributed by atoms with Crippen molar-refractivity contribution in [2.45, 2.75) is 13.2 Å². The normalized spacial score (nSPS) is 15.2. The van der Waals surface area contributed by atoms with Crippen LogP contribution in [0.4, 0.5) is 5.82 Å². The second-order valence-corrected chi connectivity index (χ2v) is 3.51. The molecule has 0 fully saturated rings. The molecule has 0 aliphatic carbocycles. The minimum atomic E-state index is 0.564. The molecule has 1 aromatic rings. The van der Waals surface area contributed by atoms with Gasteiger partial charge in [0.15, 0.2) is 5.82 Å². The Kier molecular flexibility index (Phi) is 2.28. The zero-order valence-electron chi connectivity index (χ0n) is 6.83. The highest BCUT2D eigenvalue weighted by Crippen LogP contribution is 2.32. The van der Waals surface area contributed by atoms with Crippen LogP contribution in [-0.2, 0) is 18.0 Å². The van der Waals surface area contributed by atoms with Crippen LogP contribution in [0, 0.1) is 0 Å². The van der Waals surface area contributed by atoms with E-state index in [-0.39, 0.29) is 0 Å². The van der Waals surface area contributed by atoms with Crippen LogP contribution in [0.1, 0.15) is 11.1 Å². The van der Waals surface area contributed by atoms with Crippen LogP contribution in [0.15, 0.2) is 15.7 Å². The summed E-state index contributed by atoms with van der Waals surface area (Å²) in [6.45, 7) is 1.18. The lowest BCUT2D eigenvalue weighted by atomic mass is 10.2. The summed E-state index contributed by atoms with van der Waals surface area (Å²) in [5.74, 6) is 0.651. The third kappa shape index (κ3) is 1.45. The maximum absolute atomic E-state index is 5.30. The summed E-state index contributed by atoms with van der Waals surface area (Å²) >= 11 is 3.41. The smallest absolute Gasteiger partial charge is 0.159 e. The molecule has 2 rings (SSSR count). The lowest BCUT2D eigenvalue weighted by Crippen LogP contribution is -1.92. The van der Waals surface area contributed by atoms with E-state index in [4.69, 9.17) is 10.5 Å². The van der Waals surface area contributed by atoms with Gasteiger partial charge in [-0.1, -0.05) is 0 Å². The summed E-state index contributed by atoms with van der Waals surface area (Å²) < 4.78 is 6.27. The van der Waals surface area contributed by atoms with Gasteiger partial charge in [-0.2, -0.15) is 0 Å². The van der Waals surface area contributed by atoms with Gasteiger partial charge in [-0.05, 0) is 15.9 Å². The summed E-state index contributed by atoms with van der Waals surface area (Å²) in [6.07, 6.45) is 2.96. The first-order valence-electron chi connectivity index (χ1n) is 3.81. The Labute approximate surface area is 84.0 Å².